The summed E-state index contributed by atoms with van der Waals surface area (Å²) in [5.74, 6) is -1.38. The van der Waals surface area contributed by atoms with E-state index in [1.54, 1.807) is 0 Å². The highest BCUT2D eigenvalue weighted by atomic mass is 35.5. The number of aliphatic carboxylic acids is 1. The summed E-state index contributed by atoms with van der Waals surface area (Å²) in [6.07, 6.45) is -2.94. The second-order valence-corrected chi connectivity index (χ2v) is 1.74. The van der Waals surface area contributed by atoms with Crippen molar-refractivity contribution >= 4 is 22.8 Å². The van der Waals surface area contributed by atoms with Crippen LogP contribution in [0.1, 0.15) is 6.42 Å². The Bertz CT molecular complexity index is 136. The largest absolute Gasteiger partial charge is 0.481 e. The molecule has 5 heteroatoms. The smallest absolute Gasteiger partial charge is 0.306 e. The molecule has 0 aliphatic heterocycles. The average Bonchev–Trinajstić information content (AvgIpc) is 1.63. The first-order valence-electron chi connectivity index (χ1n) is 2.09. The molecule has 0 amide bonds. The molecule has 0 aromatic carbocycles. The molecule has 3 nitrogen and oxygen atoms in total. The molecule has 1 atom stereocenters. The van der Waals surface area contributed by atoms with Crippen molar-refractivity contribution in [3.05, 3.63) is 0 Å². The Morgan fingerprint density at radius 1 is 1.67 bits per heavy atom. The number of carbonyl (C=O) groups excluding carboxylic acids is 1. The van der Waals surface area contributed by atoms with Crippen molar-refractivity contribution in [1.82, 2.24) is 0 Å². The molecule has 0 spiro atoms. The fourth-order valence-corrected chi connectivity index (χ4v) is 0.311. The quantitative estimate of drug-likeness (QED) is 0.605. The first-order valence-corrected chi connectivity index (χ1v) is 2.47. The van der Waals surface area contributed by atoms with Crippen LogP contribution in [0.5, 0.6) is 0 Å². The summed E-state index contributed by atoms with van der Waals surface area (Å²) in [6, 6.07) is 0. The van der Waals surface area contributed by atoms with E-state index >= 15 is 0 Å². The van der Waals surface area contributed by atoms with Crippen LogP contribution in [0.2, 0.25) is 0 Å². The van der Waals surface area contributed by atoms with Crippen LogP contribution in [0.25, 0.3) is 0 Å². The van der Waals surface area contributed by atoms with Crippen LogP contribution in [0.15, 0.2) is 0 Å². The third kappa shape index (κ3) is 3.90. The number of carboxylic acids is 1. The predicted octanol–water partition coefficient (Wildman–Crippen LogP) is 0.565. The summed E-state index contributed by atoms with van der Waals surface area (Å²) in [7, 11) is 0. The molecule has 0 saturated carbocycles. The van der Waals surface area contributed by atoms with Gasteiger partial charge in [0.2, 0.25) is 0 Å². The van der Waals surface area contributed by atoms with E-state index in [0.29, 0.717) is 0 Å². The van der Waals surface area contributed by atoms with Crippen molar-refractivity contribution in [2.45, 2.75) is 12.6 Å². The molecule has 0 bridgehead atoms. The Kier molecular flexibility index (Phi) is 3.16. The zero-order chi connectivity index (χ0) is 7.44. The Morgan fingerprint density at radius 3 is 2.22 bits per heavy atom. The minimum absolute atomic E-state index is 0.859. The number of alkyl halides is 1. The molecule has 0 aromatic rings. The second-order valence-electron chi connectivity index (χ2n) is 1.37. The van der Waals surface area contributed by atoms with E-state index in [-0.39, 0.29) is 0 Å². The molecular formula is C4H4ClFO3. The van der Waals surface area contributed by atoms with E-state index in [1.165, 1.54) is 0 Å². The van der Waals surface area contributed by atoms with E-state index in [4.69, 9.17) is 5.11 Å². The van der Waals surface area contributed by atoms with E-state index in [0.717, 1.165) is 0 Å². The third-order valence-electron chi connectivity index (χ3n) is 0.600. The molecule has 1 N–H and O–H groups in total. The van der Waals surface area contributed by atoms with Gasteiger partial charge in [0.25, 0.3) is 5.24 Å². The molecule has 52 valence electrons. The van der Waals surface area contributed by atoms with Crippen molar-refractivity contribution < 1.29 is 19.1 Å². The van der Waals surface area contributed by atoms with E-state index in [1.807, 2.05) is 0 Å². The first-order chi connectivity index (χ1) is 4.04. The molecule has 0 rings (SSSR count). The van der Waals surface area contributed by atoms with Gasteiger partial charge in [-0.1, -0.05) is 0 Å². The summed E-state index contributed by atoms with van der Waals surface area (Å²) in [5, 5.41) is 6.62. The Balaban J connectivity index is 3.63. The summed E-state index contributed by atoms with van der Waals surface area (Å²) < 4.78 is 11.9. The molecule has 0 aliphatic carbocycles. The highest BCUT2D eigenvalue weighted by molar-refractivity contribution is 6.64. The van der Waals surface area contributed by atoms with Gasteiger partial charge in [0, 0.05) is 0 Å². The molecule has 0 heterocycles. The van der Waals surface area contributed by atoms with Gasteiger partial charge in [0.15, 0.2) is 6.17 Å². The molecule has 9 heavy (non-hydrogen) atoms. The van der Waals surface area contributed by atoms with E-state index in [9.17, 15) is 14.0 Å². The lowest BCUT2D eigenvalue weighted by molar-refractivity contribution is -0.139. The van der Waals surface area contributed by atoms with E-state index < -0.39 is 23.8 Å². The van der Waals surface area contributed by atoms with Gasteiger partial charge < -0.3 is 5.11 Å². The molecule has 0 aromatic heterocycles. The van der Waals surface area contributed by atoms with Crippen molar-refractivity contribution in [2.24, 2.45) is 0 Å². The van der Waals surface area contributed by atoms with Crippen molar-refractivity contribution in [3.63, 3.8) is 0 Å². The maximum atomic E-state index is 11.9. The predicted molar refractivity (Wildman–Crippen MR) is 28.0 cm³/mol. The first kappa shape index (κ1) is 8.36. The minimum Gasteiger partial charge on any atom is -0.481 e. The third-order valence-corrected chi connectivity index (χ3v) is 0.837. The highest BCUT2D eigenvalue weighted by Gasteiger charge is 2.17. The van der Waals surface area contributed by atoms with Crippen molar-refractivity contribution in [3.8, 4) is 0 Å². The SMILES string of the molecule is O=C(O)CC(F)C(=O)Cl. The Morgan fingerprint density at radius 2 is 2.11 bits per heavy atom. The number of rotatable bonds is 3. The molecule has 1 unspecified atom stereocenters. The van der Waals surface area contributed by atoms with E-state index in [2.05, 4.69) is 11.6 Å². The second kappa shape index (κ2) is 3.40. The van der Waals surface area contributed by atoms with Gasteiger partial charge in [-0.05, 0) is 11.6 Å². The van der Waals surface area contributed by atoms with Crippen LogP contribution in [0.3, 0.4) is 0 Å². The van der Waals surface area contributed by atoms with Crippen LogP contribution in [-0.4, -0.2) is 22.5 Å². The molecule has 0 saturated heterocycles. The van der Waals surface area contributed by atoms with Crippen LogP contribution >= 0.6 is 11.6 Å². The van der Waals surface area contributed by atoms with Gasteiger partial charge in [-0.2, -0.15) is 0 Å². The standard InChI is InChI=1S/C4H4ClFO3/c5-4(9)2(6)1-3(7)8/h2H,1H2,(H,7,8). The van der Waals surface area contributed by atoms with Crippen LogP contribution in [0.4, 0.5) is 4.39 Å². The molecule has 0 fully saturated rings. The summed E-state index contributed by atoms with van der Waals surface area (Å²) in [5.41, 5.74) is 0. The van der Waals surface area contributed by atoms with Gasteiger partial charge in [-0.15, -0.1) is 0 Å². The van der Waals surface area contributed by atoms with Crippen LogP contribution < -0.4 is 0 Å². The lowest BCUT2D eigenvalue weighted by Crippen LogP contribution is -2.14. The molecular weight excluding hydrogens is 150 g/mol. The molecule has 0 radical (unpaired) electrons. The Labute approximate surface area is 55.4 Å². The van der Waals surface area contributed by atoms with Crippen molar-refractivity contribution in [2.75, 3.05) is 0 Å². The number of carboxylic acid groups (broad SMARTS) is 1. The van der Waals surface area contributed by atoms with Gasteiger partial charge in [-0.3, -0.25) is 9.59 Å². The summed E-state index contributed by atoms with van der Waals surface area (Å²) >= 11 is 4.60. The maximum absolute atomic E-state index is 11.9. The maximum Gasteiger partial charge on any atom is 0.306 e. The number of halogens is 2. The number of carbonyl (C=O) groups is 2. The van der Waals surface area contributed by atoms with Gasteiger partial charge in [-0.25, -0.2) is 4.39 Å². The monoisotopic (exact) mass is 154 g/mol. The lowest BCUT2D eigenvalue weighted by atomic mass is 10.3. The van der Waals surface area contributed by atoms with Crippen LogP contribution in [-0.2, 0) is 9.59 Å². The zero-order valence-corrected chi connectivity index (χ0v) is 5.06. The van der Waals surface area contributed by atoms with Crippen LogP contribution in [0, 0.1) is 0 Å². The summed E-state index contributed by atoms with van der Waals surface area (Å²) in [6.45, 7) is 0. The number of hydrogen-bond acceptors (Lipinski definition) is 2. The van der Waals surface area contributed by atoms with Crippen molar-refractivity contribution in [1.29, 1.82) is 0 Å². The summed E-state index contributed by atoms with van der Waals surface area (Å²) in [4.78, 5) is 19.5. The van der Waals surface area contributed by atoms with Gasteiger partial charge >= 0.3 is 5.97 Å². The fourth-order valence-electron chi connectivity index (χ4n) is 0.234. The average molecular weight is 155 g/mol. The van der Waals surface area contributed by atoms with Gasteiger partial charge in [0.05, 0.1) is 6.42 Å². The highest BCUT2D eigenvalue weighted by Crippen LogP contribution is 2.01. The zero-order valence-electron chi connectivity index (χ0n) is 4.30. The fraction of sp³-hybridized carbons (Fsp3) is 0.500. The Hall–Kier alpha value is -0.640. The minimum atomic E-state index is -2.08. The van der Waals surface area contributed by atoms with Gasteiger partial charge in [0.1, 0.15) is 0 Å². The normalized spacial score (nSPS) is 12.7. The lowest BCUT2D eigenvalue weighted by Gasteiger charge is -1.94. The number of hydrogen-bond donors (Lipinski definition) is 1. The molecule has 0 aliphatic rings. The topological polar surface area (TPSA) is 54.4 Å².